The van der Waals surface area contributed by atoms with Gasteiger partial charge in [-0.15, -0.1) is 0 Å². The van der Waals surface area contributed by atoms with Gasteiger partial charge in [0.25, 0.3) is 0 Å². The zero-order chi connectivity index (χ0) is 14.4. The average Bonchev–Trinajstić information content (AvgIpc) is 2.64. The molecule has 1 fully saturated rings. The number of hydrogen-bond acceptors (Lipinski definition) is 4. The molecule has 0 radical (unpaired) electrons. The molecule has 2 aliphatic heterocycles. The number of nitrogens with zero attached hydrogens (tertiary/aromatic N) is 1. The first-order valence-electron chi connectivity index (χ1n) is 6.19. The first-order chi connectivity index (χ1) is 9.50. The van der Waals surface area contributed by atoms with Gasteiger partial charge in [-0.2, -0.15) is 0 Å². The van der Waals surface area contributed by atoms with Crippen LogP contribution in [0.4, 0.5) is 0 Å². The molecule has 0 spiro atoms. The molecule has 20 heavy (non-hydrogen) atoms. The Hall–Kier alpha value is -1.85. The number of imide groups is 1. The summed E-state index contributed by atoms with van der Waals surface area (Å²) in [4.78, 5) is 35.4. The van der Waals surface area contributed by atoms with Crippen LogP contribution in [0, 0.1) is 6.92 Å². The van der Waals surface area contributed by atoms with Crippen LogP contribution in [-0.2, 0) is 13.4 Å². The normalized spacial score (nSPS) is 25.6. The number of nitrogens with one attached hydrogen (secondary N) is 1. The average molecular weight is 339 g/mol. The van der Waals surface area contributed by atoms with Gasteiger partial charge in [-0.1, -0.05) is 0 Å². The second kappa shape index (κ2) is 4.61. The van der Waals surface area contributed by atoms with Gasteiger partial charge in [0.2, 0.25) is 0 Å². The Morgan fingerprint density at radius 2 is 2.05 bits per heavy atom. The summed E-state index contributed by atoms with van der Waals surface area (Å²) in [7, 11) is 0. The Labute approximate surface area is 119 Å². The molecular weight excluding hydrogens is 327 g/mol. The van der Waals surface area contributed by atoms with Crippen molar-refractivity contribution in [1.82, 2.24) is 9.23 Å². The Balaban J connectivity index is 2.00. The molecular formula is C13H12N2O4Se. The first-order valence-corrected chi connectivity index (χ1v) is 8.51. The zero-order valence-electron chi connectivity index (χ0n) is 10.7. The quantitative estimate of drug-likeness (QED) is 0.546. The third-order valence-corrected chi connectivity index (χ3v) is 6.99. The second-order valence-electron chi connectivity index (χ2n) is 4.80. The van der Waals surface area contributed by atoms with E-state index in [-0.39, 0.29) is 24.7 Å². The molecule has 1 N–H and O–H groups in total. The van der Waals surface area contributed by atoms with Crippen LogP contribution in [0.1, 0.15) is 28.8 Å². The van der Waals surface area contributed by atoms with Crippen molar-refractivity contribution >= 4 is 36.2 Å². The van der Waals surface area contributed by atoms with Crippen LogP contribution in [0.3, 0.4) is 0 Å². The molecule has 1 aromatic carbocycles. The van der Waals surface area contributed by atoms with Crippen molar-refractivity contribution in [2.45, 2.75) is 25.8 Å². The monoisotopic (exact) mass is 340 g/mol. The SMILES string of the molecule is Cc1cccc2c1[Se](=O)N(C1CCC(=O)NC1=O)C2=O. The van der Waals surface area contributed by atoms with E-state index in [0.29, 0.717) is 10.0 Å². The van der Waals surface area contributed by atoms with Crippen LogP contribution in [0.2, 0.25) is 0 Å². The molecule has 1 saturated heterocycles. The summed E-state index contributed by atoms with van der Waals surface area (Å²) in [6.45, 7) is 1.80. The molecule has 2 heterocycles. The summed E-state index contributed by atoms with van der Waals surface area (Å²) in [5.74, 6) is -1.27. The molecule has 0 saturated carbocycles. The fraction of sp³-hybridized carbons (Fsp3) is 0.308. The van der Waals surface area contributed by atoms with Gasteiger partial charge in [0.15, 0.2) is 0 Å². The number of aryl methyl sites for hydroxylation is 1. The number of hydrogen-bond donors (Lipinski definition) is 1. The van der Waals surface area contributed by atoms with Crippen molar-refractivity contribution in [2.75, 3.05) is 0 Å². The van der Waals surface area contributed by atoms with Crippen molar-refractivity contribution < 1.29 is 18.2 Å². The van der Waals surface area contributed by atoms with Gasteiger partial charge in [0, 0.05) is 0 Å². The predicted molar refractivity (Wildman–Crippen MR) is 69.6 cm³/mol. The van der Waals surface area contributed by atoms with Gasteiger partial charge in [0.1, 0.15) is 0 Å². The van der Waals surface area contributed by atoms with Crippen molar-refractivity contribution in [2.24, 2.45) is 0 Å². The van der Waals surface area contributed by atoms with Gasteiger partial charge < -0.3 is 0 Å². The van der Waals surface area contributed by atoms with E-state index in [1.807, 2.05) is 0 Å². The molecule has 7 heteroatoms. The second-order valence-corrected chi connectivity index (χ2v) is 7.53. The minimum atomic E-state index is -2.78. The number of benzene rings is 1. The van der Waals surface area contributed by atoms with E-state index < -0.39 is 26.0 Å². The Kier molecular flexibility index (Phi) is 3.03. The van der Waals surface area contributed by atoms with E-state index in [1.54, 1.807) is 25.1 Å². The summed E-state index contributed by atoms with van der Waals surface area (Å²) < 4.78 is 14.3. The van der Waals surface area contributed by atoms with E-state index in [9.17, 15) is 18.2 Å². The van der Waals surface area contributed by atoms with Crippen LogP contribution < -0.4 is 9.78 Å². The van der Waals surface area contributed by atoms with Crippen LogP contribution in [0.25, 0.3) is 0 Å². The first kappa shape index (κ1) is 13.1. The molecule has 1 aromatic rings. The molecule has 2 unspecified atom stereocenters. The third-order valence-electron chi connectivity index (χ3n) is 3.49. The summed E-state index contributed by atoms with van der Waals surface area (Å²) in [5, 5.41) is 2.20. The molecule has 104 valence electrons. The molecule has 3 amide bonds. The van der Waals surface area contributed by atoms with Gasteiger partial charge >= 0.3 is 119 Å². The number of piperidine rings is 1. The van der Waals surface area contributed by atoms with Gasteiger partial charge in [-0.05, 0) is 0 Å². The summed E-state index contributed by atoms with van der Waals surface area (Å²) in [6.07, 6.45) is 0.389. The van der Waals surface area contributed by atoms with Crippen molar-refractivity contribution in [1.29, 1.82) is 0 Å². The molecule has 6 nitrogen and oxygen atoms in total. The van der Waals surface area contributed by atoms with Crippen LogP contribution in [0.5, 0.6) is 0 Å². The molecule has 2 aliphatic rings. The number of fused-ring (bicyclic) bond motifs is 1. The Morgan fingerprint density at radius 1 is 1.30 bits per heavy atom. The zero-order valence-corrected chi connectivity index (χ0v) is 12.4. The summed E-state index contributed by atoms with van der Waals surface area (Å²) >= 11 is -2.78. The molecule has 3 rings (SSSR count). The van der Waals surface area contributed by atoms with Gasteiger partial charge in [-0.3, -0.25) is 0 Å². The van der Waals surface area contributed by atoms with Crippen LogP contribution in [0.15, 0.2) is 18.2 Å². The fourth-order valence-electron chi connectivity index (χ4n) is 2.51. The van der Waals surface area contributed by atoms with Crippen molar-refractivity contribution in [3.8, 4) is 0 Å². The molecule has 0 aliphatic carbocycles. The Morgan fingerprint density at radius 3 is 2.70 bits per heavy atom. The maximum atomic E-state index is 12.6. The number of carbonyl (C=O) groups is 3. The van der Waals surface area contributed by atoms with E-state index in [2.05, 4.69) is 5.32 Å². The number of amides is 3. The van der Waals surface area contributed by atoms with Gasteiger partial charge in [-0.25, -0.2) is 0 Å². The van der Waals surface area contributed by atoms with Crippen LogP contribution in [-0.4, -0.2) is 41.7 Å². The maximum absolute atomic E-state index is 12.6. The van der Waals surface area contributed by atoms with Crippen molar-refractivity contribution in [3.63, 3.8) is 0 Å². The number of carbonyl (C=O) groups excluding carboxylic acids is 3. The summed E-state index contributed by atoms with van der Waals surface area (Å²) in [5.41, 5.74) is 1.21. The van der Waals surface area contributed by atoms with Crippen molar-refractivity contribution in [3.05, 3.63) is 29.3 Å². The molecule has 0 aromatic heterocycles. The van der Waals surface area contributed by atoms with Gasteiger partial charge in [0.05, 0.1) is 0 Å². The molecule has 0 bridgehead atoms. The topological polar surface area (TPSA) is 83.6 Å². The van der Waals surface area contributed by atoms with E-state index in [0.717, 1.165) is 5.56 Å². The summed E-state index contributed by atoms with van der Waals surface area (Å²) in [6, 6.07) is 4.35. The standard InChI is InChI=1S/C13H12N2O4Se/c1-7-3-2-4-8-11(7)20(19)15(13(8)18)9-5-6-10(16)14-12(9)17/h2-4,9H,5-6H2,1H3,(H,14,16,17). The van der Waals surface area contributed by atoms with Crippen LogP contribution >= 0.6 is 0 Å². The number of rotatable bonds is 1. The van der Waals surface area contributed by atoms with E-state index in [1.165, 1.54) is 3.92 Å². The van der Waals surface area contributed by atoms with E-state index >= 15 is 0 Å². The molecule has 2 atom stereocenters. The predicted octanol–water partition coefficient (Wildman–Crippen LogP) is -0.618. The fourth-order valence-corrected chi connectivity index (χ4v) is 5.79. The Bertz CT molecular complexity index is 670. The minimum absolute atomic E-state index is 0.161. The third kappa shape index (κ3) is 1.82. The van der Waals surface area contributed by atoms with E-state index in [4.69, 9.17) is 0 Å².